The van der Waals surface area contributed by atoms with Gasteiger partial charge in [0.1, 0.15) is 21.4 Å². The van der Waals surface area contributed by atoms with Crippen LogP contribution < -0.4 is 24.0 Å². The molecule has 4 unspecified atom stereocenters. The maximum absolute atomic E-state index is 14.3. The molecule has 46 heavy (non-hydrogen) atoms. The highest BCUT2D eigenvalue weighted by molar-refractivity contribution is 7.91. The fraction of sp³-hybridized carbons (Fsp3) is 0.294. The number of nitrogens with one attached hydrogen (secondary N) is 1. The molecule has 0 saturated carbocycles. The van der Waals surface area contributed by atoms with E-state index in [1.54, 1.807) is 7.11 Å². The molecular formula is C34H35F3N4O4S. The Bertz CT molecular complexity index is 1750. The zero-order valence-electron chi connectivity index (χ0n) is 25.4. The van der Waals surface area contributed by atoms with Crippen LogP contribution in [0.1, 0.15) is 11.1 Å². The van der Waals surface area contributed by atoms with E-state index in [0.29, 0.717) is 12.3 Å². The first-order chi connectivity index (χ1) is 22.1. The van der Waals surface area contributed by atoms with Gasteiger partial charge in [-0.25, -0.2) is 13.3 Å². The third kappa shape index (κ3) is 6.51. The van der Waals surface area contributed by atoms with Crippen LogP contribution in [0, 0.1) is 0 Å². The van der Waals surface area contributed by atoms with Crippen molar-refractivity contribution in [3.63, 3.8) is 0 Å². The first kappa shape index (κ1) is 31.7. The van der Waals surface area contributed by atoms with Gasteiger partial charge >= 0.3 is 6.36 Å². The fourth-order valence-electron chi connectivity index (χ4n) is 6.30. The van der Waals surface area contributed by atoms with Crippen molar-refractivity contribution >= 4 is 27.0 Å². The van der Waals surface area contributed by atoms with Crippen molar-refractivity contribution in [3.8, 4) is 11.5 Å². The third-order valence-corrected chi connectivity index (χ3v) is 10.6. The number of nitrogens with zero attached hydrogens (tertiary/aromatic N) is 3. The molecule has 0 aliphatic carbocycles. The summed E-state index contributed by atoms with van der Waals surface area (Å²) >= 11 is 0. The number of rotatable bonds is 7. The molecule has 1 saturated heterocycles. The van der Waals surface area contributed by atoms with Crippen LogP contribution in [-0.4, -0.2) is 61.1 Å². The Morgan fingerprint density at radius 1 is 0.848 bits per heavy atom. The maximum Gasteiger partial charge on any atom is 0.573 e. The van der Waals surface area contributed by atoms with Crippen LogP contribution in [-0.2, 0) is 22.8 Å². The molecule has 2 heterocycles. The number of anilines is 3. The minimum atomic E-state index is -4.85. The summed E-state index contributed by atoms with van der Waals surface area (Å²) in [7, 11) is -0.404. The zero-order valence-corrected chi connectivity index (χ0v) is 26.2. The van der Waals surface area contributed by atoms with E-state index in [2.05, 4.69) is 47.9 Å². The number of piperidine rings is 1. The lowest BCUT2D eigenvalue weighted by Gasteiger charge is -2.48. The second-order valence-corrected chi connectivity index (χ2v) is 13.4. The van der Waals surface area contributed by atoms with Gasteiger partial charge in [0, 0.05) is 37.2 Å². The second kappa shape index (κ2) is 12.9. The molecule has 242 valence electrons. The number of hydrogen-bond donors (Lipinski definition) is 2. The Morgan fingerprint density at radius 2 is 1.41 bits per heavy atom. The lowest BCUT2D eigenvalue weighted by atomic mass is 9.94. The average molecular weight is 653 g/mol. The van der Waals surface area contributed by atoms with Gasteiger partial charge in [0.15, 0.2) is 0 Å². The molecular weight excluding hydrogens is 617 g/mol. The Kier molecular flexibility index (Phi) is 8.86. The Labute approximate surface area is 266 Å². The van der Waals surface area contributed by atoms with Gasteiger partial charge < -0.3 is 24.4 Å². The highest BCUT2D eigenvalue weighted by Crippen LogP contribution is 2.40. The molecule has 0 spiro atoms. The van der Waals surface area contributed by atoms with Crippen LogP contribution in [0.15, 0.2) is 106 Å². The maximum atomic E-state index is 14.3. The van der Waals surface area contributed by atoms with Crippen LogP contribution in [0.25, 0.3) is 0 Å². The number of aliphatic hydroxyl groups excluding tert-OH is 1. The van der Waals surface area contributed by atoms with Crippen molar-refractivity contribution in [3.05, 3.63) is 108 Å². The van der Waals surface area contributed by atoms with Crippen molar-refractivity contribution in [2.24, 2.45) is 4.36 Å². The monoisotopic (exact) mass is 652 g/mol. The highest BCUT2D eigenvalue weighted by atomic mass is 32.2. The van der Waals surface area contributed by atoms with E-state index in [1.807, 2.05) is 48.5 Å². The summed E-state index contributed by atoms with van der Waals surface area (Å²) in [6.07, 6.45) is -4.20. The highest BCUT2D eigenvalue weighted by Gasteiger charge is 2.42. The number of ether oxygens (including phenoxy) is 2. The normalized spacial score (nSPS) is 21.0. The van der Waals surface area contributed by atoms with Crippen LogP contribution >= 0.6 is 0 Å². The van der Waals surface area contributed by atoms with E-state index in [0.717, 1.165) is 53.2 Å². The van der Waals surface area contributed by atoms with Gasteiger partial charge in [0.05, 0.1) is 30.2 Å². The molecule has 0 aromatic heterocycles. The van der Waals surface area contributed by atoms with E-state index >= 15 is 0 Å². The molecule has 0 radical (unpaired) electrons. The van der Waals surface area contributed by atoms with Gasteiger partial charge in [0.2, 0.25) is 0 Å². The third-order valence-electron chi connectivity index (χ3n) is 8.51. The molecule has 0 bridgehead atoms. The van der Waals surface area contributed by atoms with E-state index < -0.39 is 40.2 Å². The van der Waals surface area contributed by atoms with Crippen LogP contribution in [0.3, 0.4) is 0 Å². The number of aliphatic hydroxyl groups is 1. The second-order valence-electron chi connectivity index (χ2n) is 11.2. The van der Waals surface area contributed by atoms with Gasteiger partial charge in [-0.1, -0.05) is 36.4 Å². The molecule has 4 atom stereocenters. The summed E-state index contributed by atoms with van der Waals surface area (Å²) in [6.45, 7) is 0.727. The van der Waals surface area contributed by atoms with Crippen LogP contribution in [0.2, 0.25) is 0 Å². The first-order valence-corrected chi connectivity index (χ1v) is 16.4. The predicted molar refractivity (Wildman–Crippen MR) is 172 cm³/mol. The van der Waals surface area contributed by atoms with Gasteiger partial charge in [-0.05, 0) is 84.6 Å². The van der Waals surface area contributed by atoms with E-state index in [4.69, 9.17) is 4.74 Å². The Morgan fingerprint density at radius 3 is 1.96 bits per heavy atom. The van der Waals surface area contributed by atoms with Gasteiger partial charge in [0.25, 0.3) is 0 Å². The Hall–Kier alpha value is -4.26. The van der Waals surface area contributed by atoms with E-state index in [1.165, 1.54) is 19.2 Å². The summed E-state index contributed by atoms with van der Waals surface area (Å²) in [6, 6.07) is 27.5. The molecule has 6 rings (SSSR count). The minimum Gasteiger partial charge on any atom is -0.497 e. The van der Waals surface area contributed by atoms with Crippen molar-refractivity contribution in [2.75, 3.05) is 37.0 Å². The lowest BCUT2D eigenvalue weighted by Crippen LogP contribution is -2.65. The molecule has 4 aromatic carbocycles. The summed E-state index contributed by atoms with van der Waals surface area (Å²) < 4.78 is 69.3. The molecule has 8 nitrogen and oxygen atoms in total. The van der Waals surface area contributed by atoms with Crippen molar-refractivity contribution in [1.29, 1.82) is 0 Å². The Balaban J connectivity index is 1.41. The standard InChI is InChI=1S/C34H35F3N4O4S/c1-38-46(43,28-19-17-27(18-20-28)45-34(35,36)37)39-29-21-40(25-13-15-26(44-2)16-14-25)22-32(33(29)42)41-30-9-5-3-7-23(30)11-12-24-8-4-6-10-31(24)41/h3-10,13-20,29,32-33,42H,11-12,21-22H2,1-2H3,(H,38,39,43). The van der Waals surface area contributed by atoms with Crippen LogP contribution in [0.4, 0.5) is 30.2 Å². The van der Waals surface area contributed by atoms with E-state index in [-0.39, 0.29) is 11.4 Å². The van der Waals surface area contributed by atoms with E-state index in [9.17, 15) is 22.5 Å². The lowest BCUT2D eigenvalue weighted by molar-refractivity contribution is -0.274. The summed E-state index contributed by atoms with van der Waals surface area (Å²) in [5.74, 6) is 0.268. The number of aryl methyl sites for hydroxylation is 2. The molecule has 0 amide bonds. The van der Waals surface area contributed by atoms with Gasteiger partial charge in [-0.2, -0.15) is 0 Å². The summed E-state index contributed by atoms with van der Waals surface area (Å²) in [5, 5.41) is 12.2. The molecule has 2 aliphatic rings. The summed E-state index contributed by atoms with van der Waals surface area (Å²) in [5.41, 5.74) is 5.19. The first-order valence-electron chi connectivity index (χ1n) is 14.9. The molecule has 2 aliphatic heterocycles. The number of methoxy groups -OCH3 is 1. The zero-order chi connectivity index (χ0) is 32.5. The number of fused-ring (bicyclic) bond motifs is 2. The number of benzene rings is 4. The number of alkyl halides is 3. The number of halogens is 3. The molecule has 1 fully saturated rings. The van der Waals surface area contributed by atoms with Crippen molar-refractivity contribution in [1.82, 2.24) is 4.72 Å². The number of hydrogen-bond acceptors (Lipinski definition) is 7. The SMILES string of the molecule is CN=S(=O)(NC1CN(c2ccc(OC)cc2)CC(N2c3ccccc3CCc3ccccc32)C1O)c1ccc(OC(F)(F)F)cc1. The van der Waals surface area contributed by atoms with Crippen LogP contribution in [0.5, 0.6) is 11.5 Å². The average Bonchev–Trinajstić information content (AvgIpc) is 3.22. The van der Waals surface area contributed by atoms with Crippen molar-refractivity contribution in [2.45, 2.75) is 42.3 Å². The topological polar surface area (TPSA) is 86.6 Å². The summed E-state index contributed by atoms with van der Waals surface area (Å²) in [4.78, 5) is 4.49. The van der Waals surface area contributed by atoms with Gasteiger partial charge in [-0.15, -0.1) is 13.2 Å². The molecule has 12 heteroatoms. The smallest absolute Gasteiger partial charge is 0.497 e. The molecule has 4 aromatic rings. The number of para-hydroxylation sites is 2. The quantitative estimate of drug-likeness (QED) is 0.251. The minimum absolute atomic E-state index is 0.167. The fourth-order valence-corrected chi connectivity index (χ4v) is 7.88. The predicted octanol–water partition coefficient (Wildman–Crippen LogP) is 6.11. The largest absolute Gasteiger partial charge is 0.573 e. The molecule has 2 N–H and O–H groups in total. The van der Waals surface area contributed by atoms with Gasteiger partial charge in [-0.3, -0.25) is 0 Å². The van der Waals surface area contributed by atoms with Crippen molar-refractivity contribution < 1.29 is 32.0 Å².